The fourth-order valence-corrected chi connectivity index (χ4v) is 0.867. The second-order valence-corrected chi connectivity index (χ2v) is 2.78. The molecule has 0 amide bonds. The van der Waals surface area contributed by atoms with E-state index in [2.05, 4.69) is 15.9 Å². The van der Waals surface area contributed by atoms with Gasteiger partial charge in [-0.15, -0.1) is 0 Å². The molecule has 2 atom stereocenters. The van der Waals surface area contributed by atoms with Gasteiger partial charge < -0.3 is 10.8 Å². The van der Waals surface area contributed by atoms with Crippen molar-refractivity contribution in [2.24, 2.45) is 5.73 Å². The van der Waals surface area contributed by atoms with Crippen LogP contribution in [-0.4, -0.2) is 16.2 Å². The molecule has 44 valence electrons. The summed E-state index contributed by atoms with van der Waals surface area (Å²) < 4.78 is 0. The molecule has 0 aromatic heterocycles. The molecular weight excluding hydrogens is 158 g/mol. The smallest absolute Gasteiger partial charge is 0.0630 e. The molecule has 0 rings (SSSR count). The molecular formula is C4H10BrNO. The highest BCUT2D eigenvalue weighted by atomic mass is 79.9. The molecule has 2 nitrogen and oxygen atoms in total. The maximum absolute atomic E-state index is 8.61. The van der Waals surface area contributed by atoms with Crippen molar-refractivity contribution in [1.29, 1.82) is 0 Å². The van der Waals surface area contributed by atoms with Crippen molar-refractivity contribution in [3.63, 3.8) is 0 Å². The van der Waals surface area contributed by atoms with E-state index in [-0.39, 0.29) is 11.1 Å². The Bertz CT molecular complexity index is 41.0. The number of halogens is 1. The van der Waals surface area contributed by atoms with E-state index in [1.807, 2.05) is 0 Å². The molecule has 0 saturated heterocycles. The van der Waals surface area contributed by atoms with Crippen LogP contribution in [0.1, 0.15) is 13.3 Å². The van der Waals surface area contributed by atoms with Crippen LogP contribution in [-0.2, 0) is 0 Å². The molecule has 0 aliphatic carbocycles. The van der Waals surface area contributed by atoms with E-state index in [9.17, 15) is 0 Å². The predicted octanol–water partition coefficient (Wildman–Crippen LogP) is 0.437. The molecule has 0 saturated carbocycles. The summed E-state index contributed by atoms with van der Waals surface area (Å²) in [5, 5.41) is 8.61. The fraction of sp³-hybridized carbons (Fsp3) is 1.00. The lowest BCUT2D eigenvalue weighted by Crippen LogP contribution is -2.17. The van der Waals surface area contributed by atoms with Gasteiger partial charge in [0.2, 0.25) is 0 Å². The lowest BCUT2D eigenvalue weighted by atomic mass is 10.3. The topological polar surface area (TPSA) is 46.2 Å². The van der Waals surface area contributed by atoms with Crippen molar-refractivity contribution in [1.82, 2.24) is 0 Å². The summed E-state index contributed by atoms with van der Waals surface area (Å²) in [6.45, 7) is 1.71. The SMILES string of the molecule is CC(O)CC(N)Br. The van der Waals surface area contributed by atoms with Crippen LogP contribution in [0.25, 0.3) is 0 Å². The summed E-state index contributed by atoms with van der Waals surface area (Å²) >= 11 is 3.09. The molecule has 0 aromatic rings. The Hall–Kier alpha value is 0.400. The molecule has 0 fully saturated rings. The summed E-state index contributed by atoms with van der Waals surface area (Å²) in [5.74, 6) is 0. The molecule has 0 radical (unpaired) electrons. The third-order valence-electron chi connectivity index (χ3n) is 0.566. The minimum absolute atomic E-state index is 0.0625. The Morgan fingerprint density at radius 3 is 2.29 bits per heavy atom. The molecule has 0 bridgehead atoms. The second-order valence-electron chi connectivity index (χ2n) is 1.60. The summed E-state index contributed by atoms with van der Waals surface area (Å²) in [6, 6.07) is 0. The lowest BCUT2D eigenvalue weighted by molar-refractivity contribution is 0.185. The maximum atomic E-state index is 8.61. The van der Waals surface area contributed by atoms with Gasteiger partial charge in [-0.3, -0.25) is 0 Å². The number of hydrogen-bond acceptors (Lipinski definition) is 2. The standard InChI is InChI=1S/C4H10BrNO/c1-3(7)2-4(5)6/h3-4,7H,2,6H2,1H3. The lowest BCUT2D eigenvalue weighted by Gasteiger charge is -2.03. The number of rotatable bonds is 2. The number of alkyl halides is 1. The average molecular weight is 168 g/mol. The second kappa shape index (κ2) is 3.41. The third-order valence-corrected chi connectivity index (χ3v) is 0.940. The Labute approximate surface area is 51.8 Å². The normalized spacial score (nSPS) is 18.9. The summed E-state index contributed by atoms with van der Waals surface area (Å²) in [5.41, 5.74) is 5.25. The fourth-order valence-electron chi connectivity index (χ4n) is 0.326. The van der Waals surface area contributed by atoms with Crippen molar-refractivity contribution in [3.05, 3.63) is 0 Å². The molecule has 2 unspecified atom stereocenters. The maximum Gasteiger partial charge on any atom is 0.0630 e. The van der Waals surface area contributed by atoms with Crippen LogP contribution in [0.3, 0.4) is 0 Å². The van der Waals surface area contributed by atoms with Crippen molar-refractivity contribution in [2.75, 3.05) is 0 Å². The Morgan fingerprint density at radius 2 is 2.29 bits per heavy atom. The van der Waals surface area contributed by atoms with Crippen molar-refractivity contribution in [2.45, 2.75) is 24.4 Å². The molecule has 3 N–H and O–H groups in total. The van der Waals surface area contributed by atoms with Crippen LogP contribution < -0.4 is 5.73 Å². The Balaban J connectivity index is 2.95. The highest BCUT2D eigenvalue weighted by molar-refractivity contribution is 9.09. The first-order valence-corrected chi connectivity index (χ1v) is 3.12. The van der Waals surface area contributed by atoms with E-state index in [4.69, 9.17) is 10.8 Å². The minimum Gasteiger partial charge on any atom is -0.393 e. The van der Waals surface area contributed by atoms with Gasteiger partial charge in [0.1, 0.15) is 0 Å². The predicted molar refractivity (Wildman–Crippen MR) is 33.2 cm³/mol. The summed E-state index contributed by atoms with van der Waals surface area (Å²) in [6.07, 6.45) is 0.314. The molecule has 0 spiro atoms. The van der Waals surface area contributed by atoms with Crippen molar-refractivity contribution < 1.29 is 5.11 Å². The highest BCUT2D eigenvalue weighted by Gasteiger charge is 1.99. The molecule has 3 heteroatoms. The minimum atomic E-state index is -0.297. The van der Waals surface area contributed by atoms with Crippen molar-refractivity contribution >= 4 is 15.9 Å². The van der Waals surface area contributed by atoms with Crippen LogP contribution in [0.4, 0.5) is 0 Å². The molecule has 0 aromatic carbocycles. The van der Waals surface area contributed by atoms with Gasteiger partial charge in [-0.1, -0.05) is 15.9 Å². The Morgan fingerprint density at radius 1 is 1.86 bits per heavy atom. The highest BCUT2D eigenvalue weighted by Crippen LogP contribution is 1.99. The van der Waals surface area contributed by atoms with Crippen LogP contribution in [0.2, 0.25) is 0 Å². The van der Waals surface area contributed by atoms with Gasteiger partial charge in [-0.05, 0) is 13.3 Å². The first-order valence-electron chi connectivity index (χ1n) is 2.20. The van der Waals surface area contributed by atoms with Crippen LogP contribution >= 0.6 is 15.9 Å². The van der Waals surface area contributed by atoms with Crippen LogP contribution in [0.15, 0.2) is 0 Å². The first-order chi connectivity index (χ1) is 3.13. The molecule has 7 heavy (non-hydrogen) atoms. The van der Waals surface area contributed by atoms with Gasteiger partial charge in [0, 0.05) is 0 Å². The van der Waals surface area contributed by atoms with Gasteiger partial charge in [0.05, 0.1) is 11.1 Å². The molecule has 0 heterocycles. The van der Waals surface area contributed by atoms with Crippen LogP contribution in [0, 0.1) is 0 Å². The number of aliphatic hydroxyl groups excluding tert-OH is 1. The number of aliphatic hydroxyl groups is 1. The van der Waals surface area contributed by atoms with E-state index >= 15 is 0 Å². The van der Waals surface area contributed by atoms with Gasteiger partial charge in [-0.25, -0.2) is 0 Å². The number of hydrogen-bond donors (Lipinski definition) is 2. The third kappa shape index (κ3) is 6.40. The summed E-state index contributed by atoms with van der Waals surface area (Å²) in [4.78, 5) is -0.0625. The zero-order valence-electron chi connectivity index (χ0n) is 4.26. The largest absolute Gasteiger partial charge is 0.393 e. The monoisotopic (exact) mass is 167 g/mol. The van der Waals surface area contributed by atoms with Gasteiger partial charge in [0.25, 0.3) is 0 Å². The zero-order chi connectivity index (χ0) is 5.86. The molecule has 0 aliphatic heterocycles. The molecule has 0 aliphatic rings. The first kappa shape index (κ1) is 7.40. The van der Waals surface area contributed by atoms with E-state index in [1.165, 1.54) is 0 Å². The average Bonchev–Trinajstić information content (AvgIpc) is 1.27. The number of nitrogens with two attached hydrogens (primary N) is 1. The zero-order valence-corrected chi connectivity index (χ0v) is 5.85. The quantitative estimate of drug-likeness (QED) is 0.464. The van der Waals surface area contributed by atoms with Crippen LogP contribution in [0.5, 0.6) is 0 Å². The summed E-state index contributed by atoms with van der Waals surface area (Å²) in [7, 11) is 0. The van der Waals surface area contributed by atoms with Crippen molar-refractivity contribution in [3.8, 4) is 0 Å². The van der Waals surface area contributed by atoms with Gasteiger partial charge in [0.15, 0.2) is 0 Å². The van der Waals surface area contributed by atoms with E-state index in [1.54, 1.807) is 6.92 Å². The van der Waals surface area contributed by atoms with Gasteiger partial charge in [-0.2, -0.15) is 0 Å². The van der Waals surface area contributed by atoms with E-state index in [0.717, 1.165) is 0 Å². The Kier molecular flexibility index (Phi) is 3.60. The van der Waals surface area contributed by atoms with E-state index < -0.39 is 0 Å². The van der Waals surface area contributed by atoms with Gasteiger partial charge >= 0.3 is 0 Å². The van der Waals surface area contributed by atoms with E-state index in [0.29, 0.717) is 6.42 Å².